The normalized spacial score (nSPS) is 10.7. The van der Waals surface area contributed by atoms with Gasteiger partial charge in [-0.1, -0.05) is 40.5 Å². The zero-order chi connectivity index (χ0) is 15.9. The Morgan fingerprint density at radius 1 is 1.05 bits per heavy atom. The van der Waals surface area contributed by atoms with Crippen molar-refractivity contribution in [1.29, 1.82) is 0 Å². The molecule has 2 aromatic rings. The summed E-state index contributed by atoms with van der Waals surface area (Å²) in [6.45, 7) is 0.356. The standard InChI is InChI=1S/C16H15Cl2NO3/c1-20-15-8-12(7-14(18)16(15)21-2)9-19-22-10-11-3-5-13(17)6-4-11/h3-9H,10H2,1-2H3/b19-9+. The van der Waals surface area contributed by atoms with Crippen LogP contribution in [-0.4, -0.2) is 20.4 Å². The maximum atomic E-state index is 6.12. The van der Waals surface area contributed by atoms with Gasteiger partial charge < -0.3 is 14.3 Å². The van der Waals surface area contributed by atoms with Crippen molar-refractivity contribution in [3.8, 4) is 11.5 Å². The Morgan fingerprint density at radius 3 is 2.41 bits per heavy atom. The van der Waals surface area contributed by atoms with Crippen molar-refractivity contribution in [2.45, 2.75) is 6.61 Å². The molecule has 0 heterocycles. The van der Waals surface area contributed by atoms with Gasteiger partial charge in [-0.3, -0.25) is 0 Å². The number of methoxy groups -OCH3 is 2. The largest absolute Gasteiger partial charge is 0.493 e. The van der Waals surface area contributed by atoms with Gasteiger partial charge in [-0.2, -0.15) is 0 Å². The molecular formula is C16H15Cl2NO3. The zero-order valence-electron chi connectivity index (χ0n) is 12.2. The summed E-state index contributed by atoms with van der Waals surface area (Å²) in [6.07, 6.45) is 1.56. The number of rotatable bonds is 6. The van der Waals surface area contributed by atoms with Gasteiger partial charge in [0.15, 0.2) is 11.5 Å². The Hall–Kier alpha value is -1.91. The highest BCUT2D eigenvalue weighted by atomic mass is 35.5. The molecule has 6 heteroatoms. The second-order valence-corrected chi connectivity index (χ2v) is 5.22. The van der Waals surface area contributed by atoms with Crippen molar-refractivity contribution in [2.75, 3.05) is 14.2 Å². The van der Waals surface area contributed by atoms with Crippen LogP contribution in [0.25, 0.3) is 0 Å². The van der Waals surface area contributed by atoms with E-state index in [1.807, 2.05) is 12.1 Å². The number of oxime groups is 1. The van der Waals surface area contributed by atoms with Gasteiger partial charge in [-0.25, -0.2) is 0 Å². The Morgan fingerprint density at radius 2 is 1.77 bits per heavy atom. The second kappa shape index (κ2) is 7.92. The molecule has 0 spiro atoms. The monoisotopic (exact) mass is 339 g/mol. The van der Waals surface area contributed by atoms with Gasteiger partial charge in [0.05, 0.1) is 25.5 Å². The van der Waals surface area contributed by atoms with Crippen LogP contribution in [0.4, 0.5) is 0 Å². The van der Waals surface area contributed by atoms with Gasteiger partial charge in [0, 0.05) is 10.6 Å². The summed E-state index contributed by atoms with van der Waals surface area (Å²) in [4.78, 5) is 5.24. The molecule has 4 nitrogen and oxygen atoms in total. The summed E-state index contributed by atoms with van der Waals surface area (Å²) in [5.74, 6) is 1.03. The Bertz CT molecular complexity index is 657. The van der Waals surface area contributed by atoms with Crippen molar-refractivity contribution in [2.24, 2.45) is 5.16 Å². The summed E-state index contributed by atoms with van der Waals surface area (Å²) < 4.78 is 10.4. The van der Waals surface area contributed by atoms with Crippen LogP contribution < -0.4 is 9.47 Å². The first-order chi connectivity index (χ1) is 10.6. The van der Waals surface area contributed by atoms with E-state index in [2.05, 4.69) is 5.16 Å². The topological polar surface area (TPSA) is 40.0 Å². The zero-order valence-corrected chi connectivity index (χ0v) is 13.7. The molecule has 0 aromatic heterocycles. The fourth-order valence-electron chi connectivity index (χ4n) is 1.80. The first-order valence-corrected chi connectivity index (χ1v) is 7.21. The first kappa shape index (κ1) is 16.5. The highest BCUT2D eigenvalue weighted by Crippen LogP contribution is 2.35. The first-order valence-electron chi connectivity index (χ1n) is 6.45. The number of hydrogen-bond acceptors (Lipinski definition) is 4. The Kier molecular flexibility index (Phi) is 5.92. The van der Waals surface area contributed by atoms with E-state index in [1.165, 1.54) is 7.11 Å². The molecule has 0 aliphatic rings. The second-order valence-electron chi connectivity index (χ2n) is 4.37. The minimum atomic E-state index is 0.356. The molecule has 0 unspecified atom stereocenters. The summed E-state index contributed by atoms with van der Waals surface area (Å²) in [7, 11) is 3.08. The molecule has 0 saturated carbocycles. The molecule has 22 heavy (non-hydrogen) atoms. The fraction of sp³-hybridized carbons (Fsp3) is 0.188. The fourth-order valence-corrected chi connectivity index (χ4v) is 2.23. The van der Waals surface area contributed by atoms with E-state index in [0.717, 1.165) is 11.1 Å². The smallest absolute Gasteiger partial charge is 0.179 e. The van der Waals surface area contributed by atoms with E-state index in [-0.39, 0.29) is 0 Å². The van der Waals surface area contributed by atoms with E-state index >= 15 is 0 Å². The van der Waals surface area contributed by atoms with Crippen LogP contribution in [0.2, 0.25) is 10.0 Å². The Labute approximate surface area is 139 Å². The SMILES string of the molecule is COc1cc(/C=N/OCc2ccc(Cl)cc2)cc(Cl)c1OC. The third kappa shape index (κ3) is 4.29. The average molecular weight is 340 g/mol. The van der Waals surface area contributed by atoms with E-state index in [0.29, 0.717) is 28.2 Å². The minimum Gasteiger partial charge on any atom is -0.493 e. The van der Waals surface area contributed by atoms with E-state index in [4.69, 9.17) is 37.5 Å². The molecule has 0 N–H and O–H groups in total. The van der Waals surface area contributed by atoms with Crippen LogP contribution in [0, 0.1) is 0 Å². The Balaban J connectivity index is 2.01. The average Bonchev–Trinajstić information content (AvgIpc) is 2.52. The number of hydrogen-bond donors (Lipinski definition) is 0. The number of benzene rings is 2. The lowest BCUT2D eigenvalue weighted by molar-refractivity contribution is 0.132. The molecule has 0 bridgehead atoms. The van der Waals surface area contributed by atoms with Crippen molar-refractivity contribution >= 4 is 29.4 Å². The maximum Gasteiger partial charge on any atom is 0.179 e. The molecule has 0 aliphatic heterocycles. The molecule has 0 atom stereocenters. The molecular weight excluding hydrogens is 325 g/mol. The van der Waals surface area contributed by atoms with Crippen LogP contribution in [0.3, 0.4) is 0 Å². The lowest BCUT2D eigenvalue weighted by Crippen LogP contribution is -1.94. The van der Waals surface area contributed by atoms with Gasteiger partial charge in [-0.15, -0.1) is 0 Å². The van der Waals surface area contributed by atoms with E-state index < -0.39 is 0 Å². The predicted octanol–water partition coefficient (Wildman–Crippen LogP) is 4.56. The van der Waals surface area contributed by atoms with Gasteiger partial charge in [-0.05, 0) is 29.8 Å². The lowest BCUT2D eigenvalue weighted by Gasteiger charge is -2.09. The van der Waals surface area contributed by atoms with Gasteiger partial charge >= 0.3 is 0 Å². The number of ether oxygens (including phenoxy) is 2. The molecule has 0 amide bonds. The summed E-state index contributed by atoms with van der Waals surface area (Å²) >= 11 is 11.9. The van der Waals surface area contributed by atoms with Crippen LogP contribution in [0.1, 0.15) is 11.1 Å². The molecule has 0 radical (unpaired) electrons. The summed E-state index contributed by atoms with van der Waals surface area (Å²) in [6, 6.07) is 10.9. The van der Waals surface area contributed by atoms with Crippen LogP contribution in [-0.2, 0) is 11.4 Å². The van der Waals surface area contributed by atoms with E-state index in [1.54, 1.807) is 37.6 Å². The summed E-state index contributed by atoms with van der Waals surface area (Å²) in [5.41, 5.74) is 1.73. The van der Waals surface area contributed by atoms with Crippen molar-refractivity contribution in [1.82, 2.24) is 0 Å². The van der Waals surface area contributed by atoms with Crippen LogP contribution in [0.5, 0.6) is 11.5 Å². The van der Waals surface area contributed by atoms with E-state index in [9.17, 15) is 0 Å². The lowest BCUT2D eigenvalue weighted by atomic mass is 10.2. The summed E-state index contributed by atoms with van der Waals surface area (Å²) in [5, 5.41) is 5.05. The quantitative estimate of drug-likeness (QED) is 0.572. The highest BCUT2D eigenvalue weighted by molar-refractivity contribution is 6.32. The predicted molar refractivity (Wildman–Crippen MR) is 88.4 cm³/mol. The van der Waals surface area contributed by atoms with Crippen molar-refractivity contribution < 1.29 is 14.3 Å². The van der Waals surface area contributed by atoms with Crippen molar-refractivity contribution in [3.63, 3.8) is 0 Å². The van der Waals surface area contributed by atoms with Gasteiger partial charge in [0.1, 0.15) is 6.61 Å². The third-order valence-electron chi connectivity index (χ3n) is 2.88. The number of nitrogens with zero attached hydrogens (tertiary/aromatic N) is 1. The molecule has 0 fully saturated rings. The van der Waals surface area contributed by atoms with Crippen LogP contribution >= 0.6 is 23.2 Å². The van der Waals surface area contributed by atoms with Gasteiger partial charge in [0.25, 0.3) is 0 Å². The van der Waals surface area contributed by atoms with Gasteiger partial charge in [0.2, 0.25) is 0 Å². The minimum absolute atomic E-state index is 0.356. The highest BCUT2D eigenvalue weighted by Gasteiger charge is 2.09. The third-order valence-corrected chi connectivity index (χ3v) is 3.41. The molecule has 0 saturated heterocycles. The molecule has 2 rings (SSSR count). The maximum absolute atomic E-state index is 6.12. The molecule has 116 valence electrons. The van der Waals surface area contributed by atoms with Crippen molar-refractivity contribution in [3.05, 3.63) is 57.6 Å². The number of halogens is 2. The van der Waals surface area contributed by atoms with Crippen LogP contribution in [0.15, 0.2) is 41.6 Å². The molecule has 0 aliphatic carbocycles. The molecule has 2 aromatic carbocycles.